The highest BCUT2D eigenvalue weighted by Gasteiger charge is 2.09. The van der Waals surface area contributed by atoms with Crippen LogP contribution in [-0.2, 0) is 6.54 Å². The first-order valence-corrected chi connectivity index (χ1v) is 8.00. The fraction of sp³-hybridized carbons (Fsp3) is 0.250. The molecular weight excluding hydrogens is 382 g/mol. The van der Waals surface area contributed by atoms with Gasteiger partial charge in [-0.15, -0.1) is 0 Å². The Morgan fingerprint density at radius 1 is 1.10 bits per heavy atom. The first-order valence-electron chi connectivity index (χ1n) is 6.42. The minimum atomic E-state index is 0.316. The monoisotopic (exact) mass is 397 g/mol. The van der Waals surface area contributed by atoms with Crippen molar-refractivity contribution >= 4 is 31.9 Å². The minimum Gasteiger partial charge on any atom is -0.494 e. The van der Waals surface area contributed by atoms with Crippen molar-refractivity contribution in [3.8, 4) is 5.75 Å². The number of nitrogens with one attached hydrogen (secondary N) is 1. The molecule has 2 nitrogen and oxygen atoms in total. The number of rotatable bonds is 5. The van der Waals surface area contributed by atoms with E-state index in [0.717, 1.165) is 21.2 Å². The number of benzene rings is 2. The topological polar surface area (TPSA) is 21.3 Å². The SMILES string of the molecule is COc1c(Br)cc(CNC(C)c2ccccc2)cc1Br. The Morgan fingerprint density at radius 3 is 2.25 bits per heavy atom. The molecule has 0 radical (unpaired) electrons. The lowest BCUT2D eigenvalue weighted by Gasteiger charge is -2.15. The van der Waals surface area contributed by atoms with Crippen LogP contribution in [0.25, 0.3) is 0 Å². The van der Waals surface area contributed by atoms with Crippen LogP contribution in [0.5, 0.6) is 5.75 Å². The van der Waals surface area contributed by atoms with Gasteiger partial charge in [0.05, 0.1) is 16.1 Å². The van der Waals surface area contributed by atoms with Gasteiger partial charge in [-0.1, -0.05) is 30.3 Å². The predicted octanol–water partition coefficient (Wildman–Crippen LogP) is 5.07. The third kappa shape index (κ3) is 3.84. The van der Waals surface area contributed by atoms with Crippen LogP contribution >= 0.6 is 31.9 Å². The molecule has 1 N–H and O–H groups in total. The van der Waals surface area contributed by atoms with Crippen LogP contribution in [0, 0.1) is 0 Å². The molecule has 0 saturated carbocycles. The predicted molar refractivity (Wildman–Crippen MR) is 90.1 cm³/mol. The number of hydrogen-bond acceptors (Lipinski definition) is 2. The smallest absolute Gasteiger partial charge is 0.147 e. The maximum absolute atomic E-state index is 5.31. The van der Waals surface area contributed by atoms with E-state index in [1.165, 1.54) is 11.1 Å². The van der Waals surface area contributed by atoms with E-state index in [4.69, 9.17) is 4.74 Å². The van der Waals surface area contributed by atoms with Gasteiger partial charge < -0.3 is 10.1 Å². The third-order valence-electron chi connectivity index (χ3n) is 3.17. The standard InChI is InChI=1S/C16H17Br2NO/c1-11(13-6-4-3-5-7-13)19-10-12-8-14(17)16(20-2)15(18)9-12/h3-9,11,19H,10H2,1-2H3. The molecule has 0 heterocycles. The van der Waals surface area contributed by atoms with Gasteiger partial charge in [0.1, 0.15) is 5.75 Å². The molecule has 0 aromatic heterocycles. The number of methoxy groups -OCH3 is 1. The molecule has 4 heteroatoms. The quantitative estimate of drug-likeness (QED) is 0.758. The molecule has 1 unspecified atom stereocenters. The van der Waals surface area contributed by atoms with Crippen LogP contribution in [0.1, 0.15) is 24.1 Å². The summed E-state index contributed by atoms with van der Waals surface area (Å²) in [5, 5.41) is 3.52. The average Bonchev–Trinajstić information content (AvgIpc) is 2.45. The maximum Gasteiger partial charge on any atom is 0.147 e. The zero-order chi connectivity index (χ0) is 14.5. The Hall–Kier alpha value is -0.840. The summed E-state index contributed by atoms with van der Waals surface area (Å²) in [6.45, 7) is 2.97. The van der Waals surface area contributed by atoms with Crippen molar-refractivity contribution in [2.24, 2.45) is 0 Å². The summed E-state index contributed by atoms with van der Waals surface area (Å²) >= 11 is 7.05. The van der Waals surface area contributed by atoms with E-state index in [1.54, 1.807) is 7.11 Å². The molecule has 0 aliphatic rings. The molecule has 0 saturated heterocycles. The van der Waals surface area contributed by atoms with E-state index in [1.807, 2.05) is 6.07 Å². The Bertz CT molecular complexity index is 549. The molecule has 0 aliphatic heterocycles. The van der Waals surface area contributed by atoms with Crippen molar-refractivity contribution in [1.82, 2.24) is 5.32 Å². The first-order chi connectivity index (χ1) is 9.61. The summed E-state index contributed by atoms with van der Waals surface area (Å²) in [4.78, 5) is 0. The maximum atomic E-state index is 5.31. The van der Waals surface area contributed by atoms with Gasteiger partial charge in [-0.05, 0) is 62.0 Å². The molecule has 2 aromatic rings. The molecule has 2 rings (SSSR count). The van der Waals surface area contributed by atoms with Crippen LogP contribution in [0.3, 0.4) is 0 Å². The first kappa shape index (κ1) is 15.5. The Balaban J connectivity index is 2.04. The van der Waals surface area contributed by atoms with Gasteiger partial charge in [0.25, 0.3) is 0 Å². The summed E-state index contributed by atoms with van der Waals surface area (Å²) < 4.78 is 7.23. The van der Waals surface area contributed by atoms with Crippen molar-refractivity contribution in [1.29, 1.82) is 0 Å². The summed E-state index contributed by atoms with van der Waals surface area (Å²) in [6.07, 6.45) is 0. The van der Waals surface area contributed by atoms with Crippen LogP contribution in [0.2, 0.25) is 0 Å². The van der Waals surface area contributed by atoms with E-state index in [9.17, 15) is 0 Å². The fourth-order valence-corrected chi connectivity index (χ4v) is 3.64. The summed E-state index contributed by atoms with van der Waals surface area (Å²) in [5.74, 6) is 0.824. The molecule has 1 atom stereocenters. The normalized spacial score (nSPS) is 12.2. The highest BCUT2D eigenvalue weighted by Crippen LogP contribution is 2.34. The van der Waals surface area contributed by atoms with Gasteiger partial charge >= 0.3 is 0 Å². The summed E-state index contributed by atoms with van der Waals surface area (Å²) in [6, 6.07) is 14.9. The van der Waals surface area contributed by atoms with Gasteiger partial charge in [0.15, 0.2) is 0 Å². The van der Waals surface area contributed by atoms with Crippen molar-refractivity contribution in [3.63, 3.8) is 0 Å². The van der Waals surface area contributed by atoms with E-state index in [2.05, 4.69) is 80.5 Å². The van der Waals surface area contributed by atoms with Crippen molar-refractivity contribution in [2.75, 3.05) is 7.11 Å². The van der Waals surface area contributed by atoms with Gasteiger partial charge in [0.2, 0.25) is 0 Å². The highest BCUT2D eigenvalue weighted by molar-refractivity contribution is 9.11. The molecule has 0 fully saturated rings. The fourth-order valence-electron chi connectivity index (χ4n) is 2.04. The second-order valence-corrected chi connectivity index (χ2v) is 6.31. The van der Waals surface area contributed by atoms with Crippen LogP contribution in [0.4, 0.5) is 0 Å². The van der Waals surface area contributed by atoms with Gasteiger partial charge in [-0.3, -0.25) is 0 Å². The van der Waals surface area contributed by atoms with Crippen molar-refractivity contribution in [3.05, 3.63) is 62.5 Å². The van der Waals surface area contributed by atoms with Crippen molar-refractivity contribution < 1.29 is 4.74 Å². The molecule has 2 aromatic carbocycles. The Kier molecular flexibility index (Phi) is 5.64. The van der Waals surface area contributed by atoms with E-state index in [0.29, 0.717) is 6.04 Å². The molecule has 0 amide bonds. The third-order valence-corrected chi connectivity index (χ3v) is 4.35. The van der Waals surface area contributed by atoms with E-state index < -0.39 is 0 Å². The second kappa shape index (κ2) is 7.25. The summed E-state index contributed by atoms with van der Waals surface area (Å²) in [7, 11) is 1.67. The van der Waals surface area contributed by atoms with Gasteiger partial charge in [-0.25, -0.2) is 0 Å². The zero-order valence-electron chi connectivity index (χ0n) is 11.5. The van der Waals surface area contributed by atoms with Gasteiger partial charge in [-0.2, -0.15) is 0 Å². The average molecular weight is 399 g/mol. The molecule has 0 bridgehead atoms. The van der Waals surface area contributed by atoms with Crippen LogP contribution < -0.4 is 10.1 Å². The Labute approximate surface area is 136 Å². The highest BCUT2D eigenvalue weighted by atomic mass is 79.9. The zero-order valence-corrected chi connectivity index (χ0v) is 14.7. The van der Waals surface area contributed by atoms with Crippen LogP contribution in [0.15, 0.2) is 51.4 Å². The minimum absolute atomic E-state index is 0.316. The van der Waals surface area contributed by atoms with Crippen LogP contribution in [-0.4, -0.2) is 7.11 Å². The lowest BCUT2D eigenvalue weighted by molar-refractivity contribution is 0.409. The molecule has 20 heavy (non-hydrogen) atoms. The van der Waals surface area contributed by atoms with Gasteiger partial charge in [0, 0.05) is 12.6 Å². The number of hydrogen-bond donors (Lipinski definition) is 1. The number of ether oxygens (including phenoxy) is 1. The Morgan fingerprint density at radius 2 is 1.70 bits per heavy atom. The van der Waals surface area contributed by atoms with E-state index >= 15 is 0 Å². The lowest BCUT2D eigenvalue weighted by atomic mass is 10.1. The summed E-state index contributed by atoms with van der Waals surface area (Å²) in [5.41, 5.74) is 2.49. The van der Waals surface area contributed by atoms with Crippen molar-refractivity contribution in [2.45, 2.75) is 19.5 Å². The second-order valence-electron chi connectivity index (χ2n) is 4.61. The number of halogens is 2. The largest absolute Gasteiger partial charge is 0.494 e. The molecule has 0 spiro atoms. The molecular formula is C16H17Br2NO. The molecule has 106 valence electrons. The van der Waals surface area contributed by atoms with E-state index in [-0.39, 0.29) is 0 Å². The lowest BCUT2D eigenvalue weighted by Crippen LogP contribution is -2.18. The molecule has 0 aliphatic carbocycles.